The van der Waals surface area contributed by atoms with Gasteiger partial charge in [0.2, 0.25) is 5.95 Å². The van der Waals surface area contributed by atoms with E-state index in [4.69, 9.17) is 0 Å². The highest BCUT2D eigenvalue weighted by atomic mass is 79.9. The lowest BCUT2D eigenvalue weighted by Gasteiger charge is -2.11. The van der Waals surface area contributed by atoms with Gasteiger partial charge in [-0.05, 0) is 62.9 Å². The molecule has 0 bridgehead atoms. The predicted octanol–water partition coefficient (Wildman–Crippen LogP) is 4.88. The molecule has 0 saturated heterocycles. The van der Waals surface area contributed by atoms with Crippen molar-refractivity contribution in [2.45, 2.75) is 20.3 Å². The van der Waals surface area contributed by atoms with E-state index in [9.17, 15) is 0 Å². The van der Waals surface area contributed by atoms with E-state index >= 15 is 0 Å². The minimum atomic E-state index is 0.626. The number of hydrogen-bond donors (Lipinski definition) is 2. The molecule has 0 aliphatic heterocycles. The number of nitrogens with zero attached hydrogens (tertiary/aromatic N) is 2. The van der Waals surface area contributed by atoms with Crippen LogP contribution in [0.5, 0.6) is 0 Å². The fraction of sp³-hybridized carbons (Fsp3) is 0.286. The molecule has 20 heavy (non-hydrogen) atoms. The molecular formula is C14H16Br2N4. The molecule has 4 nitrogen and oxygen atoms in total. The van der Waals surface area contributed by atoms with Crippen LogP contribution < -0.4 is 10.6 Å². The van der Waals surface area contributed by atoms with E-state index in [2.05, 4.69) is 78.4 Å². The summed E-state index contributed by atoms with van der Waals surface area (Å²) in [6, 6.07) is 6.14. The molecular weight excluding hydrogens is 384 g/mol. The van der Waals surface area contributed by atoms with E-state index in [1.165, 1.54) is 5.56 Å². The van der Waals surface area contributed by atoms with Crippen molar-refractivity contribution in [1.82, 2.24) is 9.97 Å². The summed E-state index contributed by atoms with van der Waals surface area (Å²) >= 11 is 7.02. The number of hydrogen-bond acceptors (Lipinski definition) is 4. The first-order valence-corrected chi connectivity index (χ1v) is 7.98. The monoisotopic (exact) mass is 398 g/mol. The van der Waals surface area contributed by atoms with Crippen LogP contribution in [0.15, 0.2) is 33.3 Å². The Morgan fingerprint density at radius 1 is 1.20 bits per heavy atom. The van der Waals surface area contributed by atoms with E-state index in [1.807, 2.05) is 6.07 Å². The number of anilines is 3. The Morgan fingerprint density at radius 3 is 2.70 bits per heavy atom. The minimum absolute atomic E-state index is 0.626. The van der Waals surface area contributed by atoms with Crippen LogP contribution in [0.2, 0.25) is 0 Å². The smallest absolute Gasteiger partial charge is 0.224 e. The lowest BCUT2D eigenvalue weighted by Crippen LogP contribution is -2.06. The first-order chi connectivity index (χ1) is 9.60. The summed E-state index contributed by atoms with van der Waals surface area (Å²) in [4.78, 5) is 8.70. The first kappa shape index (κ1) is 15.3. The molecule has 1 aromatic heterocycles. The molecule has 2 rings (SSSR count). The number of nitrogens with one attached hydrogen (secondary N) is 2. The van der Waals surface area contributed by atoms with Crippen LogP contribution >= 0.6 is 31.9 Å². The molecule has 0 aliphatic carbocycles. The summed E-state index contributed by atoms with van der Waals surface area (Å²) in [5.41, 5.74) is 2.17. The molecule has 106 valence electrons. The normalized spacial score (nSPS) is 10.4. The maximum absolute atomic E-state index is 4.47. The van der Waals surface area contributed by atoms with Gasteiger partial charge < -0.3 is 10.6 Å². The number of halogens is 2. The van der Waals surface area contributed by atoms with Gasteiger partial charge in [0, 0.05) is 17.2 Å². The van der Waals surface area contributed by atoms with Crippen molar-refractivity contribution in [1.29, 1.82) is 0 Å². The Labute approximate surface area is 135 Å². The van der Waals surface area contributed by atoms with Crippen LogP contribution in [0.1, 0.15) is 18.9 Å². The Morgan fingerprint density at radius 2 is 2.00 bits per heavy atom. The summed E-state index contributed by atoms with van der Waals surface area (Å²) in [5.74, 6) is 1.36. The molecule has 0 amide bonds. The van der Waals surface area contributed by atoms with Gasteiger partial charge in [-0.25, -0.2) is 4.98 Å². The van der Waals surface area contributed by atoms with Crippen molar-refractivity contribution in [3.63, 3.8) is 0 Å². The molecule has 1 heterocycles. The van der Waals surface area contributed by atoms with Gasteiger partial charge in [0.05, 0.1) is 10.2 Å². The summed E-state index contributed by atoms with van der Waals surface area (Å²) < 4.78 is 1.83. The van der Waals surface area contributed by atoms with E-state index in [0.29, 0.717) is 5.95 Å². The van der Waals surface area contributed by atoms with E-state index < -0.39 is 0 Å². The summed E-state index contributed by atoms with van der Waals surface area (Å²) in [6.45, 7) is 5.02. The Hall–Kier alpha value is -1.14. The fourth-order valence-electron chi connectivity index (χ4n) is 1.63. The molecule has 6 heteroatoms. The third kappa shape index (κ3) is 3.93. The third-order valence-corrected chi connectivity index (χ3v) is 3.89. The van der Waals surface area contributed by atoms with Crippen molar-refractivity contribution >= 4 is 49.3 Å². The molecule has 2 N–H and O–H groups in total. The Bertz CT molecular complexity index is 602. The minimum Gasteiger partial charge on any atom is -0.354 e. The van der Waals surface area contributed by atoms with Gasteiger partial charge in [-0.15, -0.1) is 0 Å². The zero-order chi connectivity index (χ0) is 14.5. The van der Waals surface area contributed by atoms with Gasteiger partial charge in [-0.2, -0.15) is 4.98 Å². The molecule has 2 aromatic rings. The lowest BCUT2D eigenvalue weighted by molar-refractivity contribution is 0.952. The standard InChI is InChI=1S/C14H16Br2N4/c1-3-6-17-14-18-8-11(16)13(20-14)19-12-5-4-9(2)7-10(12)15/h4-5,7-8H,3,6H2,1-2H3,(H2,17,18,19,20). The van der Waals surface area contributed by atoms with Gasteiger partial charge in [-0.3, -0.25) is 0 Å². The summed E-state index contributed by atoms with van der Waals surface area (Å²) in [6.07, 6.45) is 2.78. The van der Waals surface area contributed by atoms with Crippen molar-refractivity contribution < 1.29 is 0 Å². The molecule has 0 unspecified atom stereocenters. The zero-order valence-corrected chi connectivity index (χ0v) is 14.5. The van der Waals surface area contributed by atoms with Gasteiger partial charge in [-0.1, -0.05) is 13.0 Å². The van der Waals surface area contributed by atoms with Crippen LogP contribution in [0.25, 0.3) is 0 Å². The van der Waals surface area contributed by atoms with Crippen molar-refractivity contribution in [2.75, 3.05) is 17.2 Å². The van der Waals surface area contributed by atoms with E-state index in [-0.39, 0.29) is 0 Å². The average molecular weight is 400 g/mol. The van der Waals surface area contributed by atoms with Gasteiger partial charge in [0.25, 0.3) is 0 Å². The largest absolute Gasteiger partial charge is 0.354 e. The Balaban J connectivity index is 2.23. The highest BCUT2D eigenvalue weighted by Crippen LogP contribution is 2.29. The predicted molar refractivity (Wildman–Crippen MR) is 90.7 cm³/mol. The quantitative estimate of drug-likeness (QED) is 0.752. The molecule has 0 saturated carbocycles. The number of benzene rings is 1. The second-order valence-corrected chi connectivity index (χ2v) is 6.13. The fourth-order valence-corrected chi connectivity index (χ4v) is 2.51. The van der Waals surface area contributed by atoms with Crippen LogP contribution in [-0.4, -0.2) is 16.5 Å². The number of aryl methyl sites for hydroxylation is 1. The number of aromatic nitrogens is 2. The van der Waals surface area contributed by atoms with E-state index in [0.717, 1.165) is 33.4 Å². The second-order valence-electron chi connectivity index (χ2n) is 4.43. The van der Waals surface area contributed by atoms with Crippen molar-refractivity contribution in [3.05, 3.63) is 38.9 Å². The van der Waals surface area contributed by atoms with Crippen molar-refractivity contribution in [3.8, 4) is 0 Å². The topological polar surface area (TPSA) is 49.8 Å². The molecule has 0 atom stereocenters. The third-order valence-electron chi connectivity index (χ3n) is 2.65. The van der Waals surface area contributed by atoms with Crippen molar-refractivity contribution in [2.24, 2.45) is 0 Å². The SMILES string of the molecule is CCCNc1ncc(Br)c(Nc2ccc(C)cc2Br)n1. The summed E-state index contributed by atoms with van der Waals surface area (Å²) in [7, 11) is 0. The van der Waals surface area contributed by atoms with Crippen LogP contribution in [0, 0.1) is 6.92 Å². The Kier molecular flexibility index (Phi) is 5.37. The molecule has 0 spiro atoms. The molecule has 0 aliphatic rings. The maximum atomic E-state index is 4.47. The van der Waals surface area contributed by atoms with Gasteiger partial charge in [0.1, 0.15) is 5.82 Å². The highest BCUT2D eigenvalue weighted by molar-refractivity contribution is 9.11. The second kappa shape index (κ2) is 7.04. The molecule has 1 aromatic carbocycles. The van der Waals surface area contributed by atoms with Crippen LogP contribution in [0.4, 0.5) is 17.5 Å². The lowest BCUT2D eigenvalue weighted by atomic mass is 10.2. The molecule has 0 fully saturated rings. The van der Waals surface area contributed by atoms with Crippen LogP contribution in [-0.2, 0) is 0 Å². The van der Waals surface area contributed by atoms with Gasteiger partial charge >= 0.3 is 0 Å². The summed E-state index contributed by atoms with van der Waals surface area (Å²) in [5, 5.41) is 6.48. The number of rotatable bonds is 5. The maximum Gasteiger partial charge on any atom is 0.224 e. The first-order valence-electron chi connectivity index (χ1n) is 6.39. The zero-order valence-electron chi connectivity index (χ0n) is 11.4. The molecule has 0 radical (unpaired) electrons. The van der Waals surface area contributed by atoms with E-state index in [1.54, 1.807) is 6.20 Å². The average Bonchev–Trinajstić information content (AvgIpc) is 2.42. The highest BCUT2D eigenvalue weighted by Gasteiger charge is 2.07. The van der Waals surface area contributed by atoms with Crippen LogP contribution in [0.3, 0.4) is 0 Å². The van der Waals surface area contributed by atoms with Gasteiger partial charge in [0.15, 0.2) is 0 Å².